The van der Waals surface area contributed by atoms with Gasteiger partial charge in [-0.25, -0.2) is 0 Å². The second-order valence-electron chi connectivity index (χ2n) is 4.92. The fraction of sp³-hybridized carbons (Fsp3) is 0.571. The minimum absolute atomic E-state index is 0.0880. The molecule has 0 amide bonds. The molecule has 0 saturated carbocycles. The van der Waals surface area contributed by atoms with Gasteiger partial charge in [-0.15, -0.1) is 0 Å². The van der Waals surface area contributed by atoms with Gasteiger partial charge in [0.15, 0.2) is 0 Å². The number of ether oxygens (including phenoxy) is 1. The van der Waals surface area contributed by atoms with Crippen LogP contribution in [0.2, 0.25) is 0 Å². The Kier molecular flexibility index (Phi) is 8.02. The molecule has 1 atom stereocenters. The van der Waals surface area contributed by atoms with E-state index >= 15 is 0 Å². The van der Waals surface area contributed by atoms with Gasteiger partial charge in [0.2, 0.25) is 0 Å². The van der Waals surface area contributed by atoms with Crippen LogP contribution in [0.4, 0.5) is 0 Å². The van der Waals surface area contributed by atoms with Crippen LogP contribution < -0.4 is 5.32 Å². The number of aromatic nitrogens is 1. The van der Waals surface area contributed by atoms with Gasteiger partial charge in [-0.2, -0.15) is 0 Å². The van der Waals surface area contributed by atoms with Gasteiger partial charge >= 0.3 is 5.97 Å². The number of hydrogen-bond donors (Lipinski definition) is 1. The quantitative estimate of drug-likeness (QED) is 0.587. The number of hydrogen-bond acceptors (Lipinski definition) is 6. The van der Waals surface area contributed by atoms with Crippen LogP contribution in [-0.4, -0.2) is 34.9 Å². The number of carbonyl (C=O) groups excluding carboxylic acids is 1. The number of rotatable bonds is 8. The Labute approximate surface area is 128 Å². The number of nitrogens with zero attached hydrogens (tertiary/aromatic N) is 1. The van der Waals surface area contributed by atoms with Crippen molar-refractivity contribution in [1.82, 2.24) is 10.3 Å². The third-order valence-corrected chi connectivity index (χ3v) is 4.56. The van der Waals surface area contributed by atoms with Crippen LogP contribution in [-0.2, 0) is 9.53 Å². The van der Waals surface area contributed by atoms with Crippen molar-refractivity contribution in [2.45, 2.75) is 50.8 Å². The van der Waals surface area contributed by atoms with Crippen molar-refractivity contribution in [3.8, 4) is 0 Å². The summed E-state index contributed by atoms with van der Waals surface area (Å²) in [5.74, 6) is 0.469. The zero-order chi connectivity index (χ0) is 15.0. The van der Waals surface area contributed by atoms with E-state index in [0.717, 1.165) is 4.90 Å². The Morgan fingerprint density at radius 2 is 2.15 bits per heavy atom. The van der Waals surface area contributed by atoms with Crippen LogP contribution in [0.1, 0.15) is 27.7 Å². The summed E-state index contributed by atoms with van der Waals surface area (Å²) in [6.45, 7) is 7.77. The zero-order valence-corrected chi connectivity index (χ0v) is 14.0. The van der Waals surface area contributed by atoms with Crippen LogP contribution >= 0.6 is 21.6 Å². The lowest BCUT2D eigenvalue weighted by Gasteiger charge is -2.20. The topological polar surface area (TPSA) is 51.2 Å². The van der Waals surface area contributed by atoms with E-state index < -0.39 is 0 Å². The summed E-state index contributed by atoms with van der Waals surface area (Å²) in [4.78, 5) is 17.2. The molecule has 4 nitrogen and oxygen atoms in total. The molecule has 1 heterocycles. The lowest BCUT2D eigenvalue weighted by Crippen LogP contribution is -2.44. The van der Waals surface area contributed by atoms with Crippen molar-refractivity contribution in [2.24, 2.45) is 0 Å². The summed E-state index contributed by atoms with van der Waals surface area (Å²) in [6.07, 6.45) is 3.47. The van der Waals surface area contributed by atoms with E-state index in [2.05, 4.69) is 10.3 Å². The van der Waals surface area contributed by atoms with E-state index in [-0.39, 0.29) is 24.2 Å². The molecule has 112 valence electrons. The lowest BCUT2D eigenvalue weighted by molar-refractivity contribution is -0.149. The summed E-state index contributed by atoms with van der Waals surface area (Å²) in [7, 11) is 3.24. The summed E-state index contributed by atoms with van der Waals surface area (Å²) in [5.41, 5.74) is 0. The summed E-state index contributed by atoms with van der Waals surface area (Å²) in [5, 5.41) is 3.25. The third kappa shape index (κ3) is 7.17. The molecule has 1 N–H and O–H groups in total. The van der Waals surface area contributed by atoms with Crippen molar-refractivity contribution in [1.29, 1.82) is 0 Å². The highest BCUT2D eigenvalue weighted by Crippen LogP contribution is 2.30. The first-order valence-corrected chi connectivity index (χ1v) is 8.97. The van der Waals surface area contributed by atoms with E-state index in [1.165, 1.54) is 0 Å². The van der Waals surface area contributed by atoms with Crippen LogP contribution in [0, 0.1) is 0 Å². The molecule has 20 heavy (non-hydrogen) atoms. The number of carbonyl (C=O) groups is 1. The largest absolute Gasteiger partial charge is 0.462 e. The monoisotopic (exact) mass is 314 g/mol. The molecule has 0 radical (unpaired) electrons. The summed E-state index contributed by atoms with van der Waals surface area (Å²) < 4.78 is 5.28. The molecule has 0 aromatic carbocycles. The first-order chi connectivity index (χ1) is 9.49. The summed E-state index contributed by atoms with van der Waals surface area (Å²) in [6, 6.07) is 3.86. The fourth-order valence-electron chi connectivity index (χ4n) is 1.47. The normalized spacial score (nSPS) is 12.7. The van der Waals surface area contributed by atoms with Crippen LogP contribution in [0.15, 0.2) is 29.4 Å². The average Bonchev–Trinajstić information content (AvgIpc) is 2.37. The Bertz CT molecular complexity index is 399. The SMILES string of the molecule is CC(C)NC(CSSc1cccnc1)C(=O)OC(C)C. The van der Waals surface area contributed by atoms with Gasteiger partial charge in [-0.3, -0.25) is 9.78 Å². The van der Waals surface area contributed by atoms with Crippen molar-refractivity contribution in [2.75, 3.05) is 5.75 Å². The maximum atomic E-state index is 12.0. The number of esters is 1. The first-order valence-electron chi connectivity index (χ1n) is 6.65. The third-order valence-electron chi connectivity index (χ3n) is 2.20. The molecule has 0 aliphatic rings. The highest BCUT2D eigenvalue weighted by Gasteiger charge is 2.21. The molecule has 1 rings (SSSR count). The predicted octanol–water partition coefficient (Wildman–Crippen LogP) is 3.14. The van der Waals surface area contributed by atoms with Gasteiger partial charge in [0.1, 0.15) is 6.04 Å². The van der Waals surface area contributed by atoms with Gasteiger partial charge in [0, 0.05) is 29.1 Å². The van der Waals surface area contributed by atoms with Crippen LogP contribution in [0.25, 0.3) is 0 Å². The molecular weight excluding hydrogens is 292 g/mol. The maximum Gasteiger partial charge on any atom is 0.324 e. The predicted molar refractivity (Wildman–Crippen MR) is 85.8 cm³/mol. The molecule has 6 heteroatoms. The Morgan fingerprint density at radius 3 is 2.70 bits per heavy atom. The van der Waals surface area contributed by atoms with Crippen LogP contribution in [0.3, 0.4) is 0 Å². The molecule has 1 aromatic heterocycles. The molecular formula is C14H22N2O2S2. The van der Waals surface area contributed by atoms with Gasteiger partial charge in [0.05, 0.1) is 6.10 Å². The molecule has 0 bridgehead atoms. The van der Waals surface area contributed by atoms with Crippen molar-refractivity contribution >= 4 is 27.6 Å². The number of nitrogens with one attached hydrogen (secondary N) is 1. The highest BCUT2D eigenvalue weighted by molar-refractivity contribution is 8.76. The lowest BCUT2D eigenvalue weighted by atomic mass is 10.3. The maximum absolute atomic E-state index is 12.0. The van der Waals surface area contributed by atoms with Crippen molar-refractivity contribution < 1.29 is 9.53 Å². The van der Waals surface area contributed by atoms with Crippen molar-refractivity contribution in [3.63, 3.8) is 0 Å². The van der Waals surface area contributed by atoms with E-state index in [0.29, 0.717) is 5.75 Å². The van der Waals surface area contributed by atoms with E-state index in [1.54, 1.807) is 27.8 Å². The molecule has 1 unspecified atom stereocenters. The summed E-state index contributed by atoms with van der Waals surface area (Å²) >= 11 is 0. The van der Waals surface area contributed by atoms with Crippen molar-refractivity contribution in [3.05, 3.63) is 24.5 Å². The molecule has 0 aliphatic carbocycles. The second-order valence-corrected chi connectivity index (χ2v) is 7.33. The van der Waals surface area contributed by atoms with E-state index in [1.807, 2.05) is 46.0 Å². The molecule has 0 fully saturated rings. The van der Waals surface area contributed by atoms with Gasteiger partial charge in [-0.05, 0) is 26.0 Å². The van der Waals surface area contributed by atoms with Crippen LogP contribution in [0.5, 0.6) is 0 Å². The number of pyridine rings is 1. The molecule has 0 aliphatic heterocycles. The second kappa shape index (κ2) is 9.26. The smallest absolute Gasteiger partial charge is 0.324 e. The molecule has 0 saturated heterocycles. The minimum atomic E-state index is -0.286. The average molecular weight is 314 g/mol. The standard InChI is InChI=1S/C14H22N2O2S2/c1-10(2)16-13(14(17)18-11(3)4)9-19-20-12-6-5-7-15-8-12/h5-8,10-11,13,16H,9H2,1-4H3. The Morgan fingerprint density at radius 1 is 1.40 bits per heavy atom. The molecule has 0 spiro atoms. The van der Waals surface area contributed by atoms with Gasteiger partial charge in [0.25, 0.3) is 0 Å². The Balaban J connectivity index is 2.46. The van der Waals surface area contributed by atoms with E-state index in [4.69, 9.17) is 4.74 Å². The highest BCUT2D eigenvalue weighted by atomic mass is 33.1. The Hall–Kier alpha value is -0.720. The fourth-order valence-corrected chi connectivity index (χ4v) is 3.59. The van der Waals surface area contributed by atoms with Gasteiger partial charge < -0.3 is 10.1 Å². The first kappa shape index (κ1) is 17.3. The van der Waals surface area contributed by atoms with E-state index in [9.17, 15) is 4.79 Å². The van der Waals surface area contributed by atoms with Gasteiger partial charge in [-0.1, -0.05) is 35.4 Å². The zero-order valence-electron chi connectivity index (χ0n) is 12.3. The minimum Gasteiger partial charge on any atom is -0.462 e. The molecule has 1 aromatic rings.